The average molecular weight is 509 g/mol. The molecule has 38 heavy (non-hydrogen) atoms. The van der Waals surface area contributed by atoms with Gasteiger partial charge < -0.3 is 9.64 Å². The highest BCUT2D eigenvalue weighted by atomic mass is 19.1. The number of halogens is 1. The molecule has 0 spiro atoms. The van der Waals surface area contributed by atoms with Crippen molar-refractivity contribution in [3.05, 3.63) is 66.4 Å². The minimum Gasteiger partial charge on any atom is -0.449 e. The van der Waals surface area contributed by atoms with Crippen LogP contribution < -0.4 is 4.90 Å². The van der Waals surface area contributed by atoms with Gasteiger partial charge in [0.25, 0.3) is 0 Å². The van der Waals surface area contributed by atoms with Crippen molar-refractivity contribution in [1.82, 2.24) is 14.9 Å². The first-order valence-corrected chi connectivity index (χ1v) is 13.2. The number of hydrogen-bond donors (Lipinski definition) is 0. The summed E-state index contributed by atoms with van der Waals surface area (Å²) >= 11 is 0. The summed E-state index contributed by atoms with van der Waals surface area (Å²) in [7, 11) is 0. The molecule has 2 aliphatic heterocycles. The molecule has 2 aromatic carbocycles. The van der Waals surface area contributed by atoms with E-state index in [2.05, 4.69) is 27.7 Å². The summed E-state index contributed by atoms with van der Waals surface area (Å²) in [5, 5.41) is 2.87. The largest absolute Gasteiger partial charge is 0.449 e. The molecule has 6 nitrogen and oxygen atoms in total. The number of fused-ring (bicyclic) bond motifs is 4. The molecule has 0 radical (unpaired) electrons. The second kappa shape index (κ2) is 9.94. The molecule has 192 valence electrons. The fourth-order valence-electron chi connectivity index (χ4n) is 5.96. The van der Waals surface area contributed by atoms with Crippen LogP contribution in [0.25, 0.3) is 32.8 Å². The number of anilines is 1. The number of carbonyl (C=O) groups excluding carboxylic acids is 1. The fraction of sp³-hybridized carbons (Fsp3) is 0.323. The molecule has 6 rings (SSSR count). The Bertz CT molecular complexity index is 1560. The molecule has 4 aromatic rings. The Morgan fingerprint density at radius 1 is 1.11 bits per heavy atom. The van der Waals surface area contributed by atoms with Crippen LogP contribution in [0.1, 0.15) is 38.2 Å². The van der Waals surface area contributed by atoms with Crippen LogP contribution in [0.5, 0.6) is 0 Å². The lowest BCUT2D eigenvalue weighted by Crippen LogP contribution is -2.56. The van der Waals surface area contributed by atoms with E-state index in [0.29, 0.717) is 41.6 Å². The lowest BCUT2D eigenvalue weighted by atomic mass is 9.96. The molecule has 1 amide bonds. The summed E-state index contributed by atoms with van der Waals surface area (Å²) in [4.78, 5) is 25.9. The molecule has 0 N–H and O–H groups in total. The maximum atomic E-state index is 16.1. The monoisotopic (exact) mass is 508 g/mol. The molecule has 0 saturated carbocycles. The molecule has 2 bridgehead atoms. The number of ether oxygens (including phenoxy) is 1. The second-order valence-electron chi connectivity index (χ2n) is 10.1. The summed E-state index contributed by atoms with van der Waals surface area (Å²) in [6.07, 6.45) is 14.3. The zero-order valence-corrected chi connectivity index (χ0v) is 21.4. The molecule has 2 unspecified atom stereocenters. The third kappa shape index (κ3) is 4.01. The van der Waals surface area contributed by atoms with Crippen molar-refractivity contribution in [3.8, 4) is 23.6 Å². The lowest BCUT2D eigenvalue weighted by molar-refractivity contribution is 0.0778. The summed E-state index contributed by atoms with van der Waals surface area (Å²) in [6, 6.07) is 11.6. The maximum absolute atomic E-state index is 16.1. The van der Waals surface area contributed by atoms with Crippen LogP contribution in [-0.2, 0) is 4.74 Å². The molecular weight excluding hydrogens is 479 g/mol. The van der Waals surface area contributed by atoms with Crippen molar-refractivity contribution >= 4 is 33.3 Å². The van der Waals surface area contributed by atoms with E-state index in [9.17, 15) is 4.79 Å². The van der Waals surface area contributed by atoms with Crippen molar-refractivity contribution in [3.63, 3.8) is 0 Å². The molecule has 4 heterocycles. The van der Waals surface area contributed by atoms with Crippen molar-refractivity contribution < 1.29 is 13.9 Å². The number of amides is 1. The van der Waals surface area contributed by atoms with Gasteiger partial charge in [0.15, 0.2) is 5.82 Å². The first-order valence-electron chi connectivity index (χ1n) is 13.2. The van der Waals surface area contributed by atoms with Gasteiger partial charge in [0.1, 0.15) is 5.69 Å². The van der Waals surface area contributed by atoms with E-state index in [-0.39, 0.29) is 23.9 Å². The van der Waals surface area contributed by atoms with E-state index in [0.717, 1.165) is 42.1 Å². The van der Waals surface area contributed by atoms with Crippen molar-refractivity contribution in [1.29, 1.82) is 0 Å². The first-order chi connectivity index (χ1) is 18.6. The van der Waals surface area contributed by atoms with Crippen LogP contribution in [0.15, 0.2) is 55.0 Å². The van der Waals surface area contributed by atoms with Gasteiger partial charge in [-0.3, -0.25) is 14.9 Å². The maximum Gasteiger partial charge on any atom is 0.410 e. The van der Waals surface area contributed by atoms with E-state index in [1.807, 2.05) is 41.3 Å². The van der Waals surface area contributed by atoms with Crippen molar-refractivity contribution in [2.24, 2.45) is 0 Å². The highest BCUT2D eigenvalue weighted by Crippen LogP contribution is 2.38. The van der Waals surface area contributed by atoms with Gasteiger partial charge in [-0.2, -0.15) is 0 Å². The topological polar surface area (TPSA) is 58.6 Å². The Kier molecular flexibility index (Phi) is 6.32. The van der Waals surface area contributed by atoms with E-state index in [4.69, 9.17) is 11.2 Å². The Morgan fingerprint density at radius 3 is 2.61 bits per heavy atom. The van der Waals surface area contributed by atoms with Gasteiger partial charge in [-0.05, 0) is 30.7 Å². The first kappa shape index (κ1) is 24.2. The summed E-state index contributed by atoms with van der Waals surface area (Å²) in [5.74, 6) is 2.30. The predicted octanol–water partition coefficient (Wildman–Crippen LogP) is 6.16. The number of pyridine rings is 2. The van der Waals surface area contributed by atoms with Gasteiger partial charge >= 0.3 is 6.09 Å². The van der Waals surface area contributed by atoms with Crippen molar-refractivity contribution in [2.45, 2.75) is 44.7 Å². The molecule has 2 atom stereocenters. The predicted molar refractivity (Wildman–Crippen MR) is 147 cm³/mol. The number of aromatic nitrogens is 2. The number of terminal acetylenes is 1. The number of unbranched alkanes of at least 4 members (excludes halogenated alkanes) is 1. The number of piperazine rings is 1. The normalized spacial score (nSPS) is 18.7. The minimum absolute atomic E-state index is 0.0630. The lowest BCUT2D eigenvalue weighted by Gasteiger charge is -2.41. The number of carbonyl (C=O) groups is 1. The molecule has 2 saturated heterocycles. The highest BCUT2D eigenvalue weighted by Gasteiger charge is 2.43. The van der Waals surface area contributed by atoms with Gasteiger partial charge in [-0.25, -0.2) is 9.18 Å². The fourth-order valence-corrected chi connectivity index (χ4v) is 5.96. The quantitative estimate of drug-likeness (QED) is 0.239. The average Bonchev–Trinajstić information content (AvgIpc) is 3.21. The van der Waals surface area contributed by atoms with Gasteiger partial charge in [-0.15, -0.1) is 6.42 Å². The van der Waals surface area contributed by atoms with Crippen LogP contribution in [0.4, 0.5) is 14.9 Å². The Balaban J connectivity index is 1.35. The highest BCUT2D eigenvalue weighted by molar-refractivity contribution is 6.02. The molecular formula is C31H29FN4O2. The zero-order valence-electron chi connectivity index (χ0n) is 21.4. The van der Waals surface area contributed by atoms with Crippen LogP contribution in [0.3, 0.4) is 0 Å². The van der Waals surface area contributed by atoms with Crippen LogP contribution in [0, 0.1) is 18.2 Å². The smallest absolute Gasteiger partial charge is 0.410 e. The van der Waals surface area contributed by atoms with E-state index in [1.165, 1.54) is 0 Å². The van der Waals surface area contributed by atoms with Crippen LogP contribution in [-0.4, -0.2) is 52.7 Å². The number of nitrogens with zero attached hydrogens (tertiary/aromatic N) is 4. The Labute approximate surface area is 221 Å². The molecule has 2 aliphatic rings. The summed E-state index contributed by atoms with van der Waals surface area (Å²) in [5.41, 5.74) is 2.45. The van der Waals surface area contributed by atoms with Crippen LogP contribution in [0.2, 0.25) is 0 Å². The van der Waals surface area contributed by atoms with Gasteiger partial charge in [-0.1, -0.05) is 49.6 Å². The van der Waals surface area contributed by atoms with Gasteiger partial charge in [0.2, 0.25) is 0 Å². The summed E-state index contributed by atoms with van der Waals surface area (Å²) < 4.78 is 21.6. The van der Waals surface area contributed by atoms with Crippen LogP contribution >= 0.6 is 0 Å². The second-order valence-corrected chi connectivity index (χ2v) is 10.1. The molecule has 2 aromatic heterocycles. The number of rotatable bonds is 5. The van der Waals surface area contributed by atoms with Gasteiger partial charge in [0.05, 0.1) is 30.6 Å². The van der Waals surface area contributed by atoms with E-state index < -0.39 is 5.82 Å². The standard InChI is InChI=1S/C31H29FN4O2/c1-3-5-14-38-31(37)36-22-12-13-23(36)19-35(18-22)27-17-33-15-26-25(27)16-34-30(29(26)32)24-11-7-10-21-9-6-8-20(4-2)28(21)24/h2,6-11,15-17,22-23H,3,5,12-14,18-19H2,1H3. The SMILES string of the molecule is C#Cc1cccc2cccc(-c3ncc4c(N5CC6CCC(C5)N6C(=O)OCCCC)cncc4c3F)c12. The zero-order chi connectivity index (χ0) is 26.2. The van der Waals surface area contributed by atoms with Crippen molar-refractivity contribution in [2.75, 3.05) is 24.6 Å². The number of benzene rings is 2. The minimum atomic E-state index is -0.419. The Morgan fingerprint density at radius 2 is 1.87 bits per heavy atom. The molecule has 0 aliphatic carbocycles. The third-order valence-corrected chi connectivity index (χ3v) is 7.81. The number of hydrogen-bond acceptors (Lipinski definition) is 5. The molecule has 2 fully saturated rings. The van der Waals surface area contributed by atoms with Gasteiger partial charge in [0, 0.05) is 52.8 Å². The van der Waals surface area contributed by atoms with E-state index >= 15 is 4.39 Å². The Hall–Kier alpha value is -4.18. The third-order valence-electron chi connectivity index (χ3n) is 7.81. The summed E-state index contributed by atoms with van der Waals surface area (Å²) in [6.45, 7) is 3.83. The molecule has 7 heteroatoms. The van der Waals surface area contributed by atoms with E-state index in [1.54, 1.807) is 18.6 Å².